The van der Waals surface area contributed by atoms with Crippen molar-refractivity contribution in [1.29, 1.82) is 0 Å². The summed E-state index contributed by atoms with van der Waals surface area (Å²) in [7, 11) is 0. The molecule has 1 aromatic rings. The third kappa shape index (κ3) is 3.67. The van der Waals surface area contributed by atoms with Crippen LogP contribution in [0.3, 0.4) is 0 Å². The SMILES string of the molecule is O=C(CC1CCNCC1)N1CCC(c2ccccc2F)CC1. The average molecular weight is 304 g/mol. The molecule has 2 fully saturated rings. The number of rotatable bonds is 3. The Bertz CT molecular complexity index is 506. The van der Waals surface area contributed by atoms with Crippen LogP contribution in [-0.4, -0.2) is 37.0 Å². The van der Waals surface area contributed by atoms with Crippen LogP contribution >= 0.6 is 0 Å². The molecular weight excluding hydrogens is 279 g/mol. The van der Waals surface area contributed by atoms with Gasteiger partial charge in [0.2, 0.25) is 5.91 Å². The molecule has 0 radical (unpaired) electrons. The lowest BCUT2D eigenvalue weighted by Gasteiger charge is -2.33. The Labute approximate surface area is 131 Å². The highest BCUT2D eigenvalue weighted by Crippen LogP contribution is 2.30. The number of benzene rings is 1. The molecule has 0 saturated carbocycles. The monoisotopic (exact) mass is 304 g/mol. The predicted octanol–water partition coefficient (Wildman–Crippen LogP) is 2.92. The molecule has 2 heterocycles. The lowest BCUT2D eigenvalue weighted by molar-refractivity contribution is -0.133. The van der Waals surface area contributed by atoms with Gasteiger partial charge in [0.15, 0.2) is 0 Å². The van der Waals surface area contributed by atoms with E-state index in [-0.39, 0.29) is 11.7 Å². The fraction of sp³-hybridized carbons (Fsp3) is 0.611. The van der Waals surface area contributed by atoms with Crippen LogP contribution in [0.4, 0.5) is 4.39 Å². The van der Waals surface area contributed by atoms with Crippen molar-refractivity contribution in [2.24, 2.45) is 5.92 Å². The standard InChI is InChI=1S/C18H25FN2O/c19-17-4-2-1-3-16(17)15-7-11-21(12-8-15)18(22)13-14-5-9-20-10-6-14/h1-4,14-15,20H,5-13H2. The molecule has 2 saturated heterocycles. The maximum atomic E-state index is 13.9. The third-order valence-corrected chi connectivity index (χ3v) is 5.11. The number of carbonyl (C=O) groups is 1. The van der Waals surface area contributed by atoms with Crippen LogP contribution in [0.25, 0.3) is 0 Å². The van der Waals surface area contributed by atoms with E-state index in [2.05, 4.69) is 5.32 Å². The number of likely N-dealkylation sites (tertiary alicyclic amines) is 1. The van der Waals surface area contributed by atoms with Gasteiger partial charge in [-0.05, 0) is 62.2 Å². The van der Waals surface area contributed by atoms with E-state index in [4.69, 9.17) is 0 Å². The smallest absolute Gasteiger partial charge is 0.222 e. The van der Waals surface area contributed by atoms with Gasteiger partial charge in [-0.25, -0.2) is 4.39 Å². The van der Waals surface area contributed by atoms with Gasteiger partial charge in [-0.2, -0.15) is 0 Å². The highest BCUT2D eigenvalue weighted by molar-refractivity contribution is 5.76. The molecule has 1 N–H and O–H groups in total. The molecule has 0 unspecified atom stereocenters. The minimum absolute atomic E-state index is 0.109. The molecule has 120 valence electrons. The molecule has 4 heteroatoms. The predicted molar refractivity (Wildman–Crippen MR) is 85.2 cm³/mol. The zero-order valence-corrected chi connectivity index (χ0v) is 13.1. The van der Waals surface area contributed by atoms with E-state index >= 15 is 0 Å². The van der Waals surface area contributed by atoms with Gasteiger partial charge < -0.3 is 10.2 Å². The summed E-state index contributed by atoms with van der Waals surface area (Å²) >= 11 is 0. The molecule has 3 nitrogen and oxygen atoms in total. The summed E-state index contributed by atoms with van der Waals surface area (Å²) in [6.07, 6.45) is 4.65. The van der Waals surface area contributed by atoms with Crippen molar-refractivity contribution in [3.05, 3.63) is 35.6 Å². The summed E-state index contributed by atoms with van der Waals surface area (Å²) in [5.41, 5.74) is 0.813. The molecular formula is C18H25FN2O. The van der Waals surface area contributed by atoms with Crippen molar-refractivity contribution in [2.45, 2.75) is 38.0 Å². The van der Waals surface area contributed by atoms with Gasteiger partial charge in [0.25, 0.3) is 0 Å². The first-order chi connectivity index (χ1) is 10.7. The minimum Gasteiger partial charge on any atom is -0.343 e. The van der Waals surface area contributed by atoms with Gasteiger partial charge in [-0.1, -0.05) is 18.2 Å². The molecule has 0 atom stereocenters. The minimum atomic E-state index is -0.109. The number of nitrogens with zero attached hydrogens (tertiary/aromatic N) is 1. The highest BCUT2D eigenvalue weighted by atomic mass is 19.1. The number of piperidine rings is 2. The fourth-order valence-electron chi connectivity index (χ4n) is 3.71. The van der Waals surface area contributed by atoms with Crippen molar-refractivity contribution in [3.8, 4) is 0 Å². The summed E-state index contributed by atoms with van der Waals surface area (Å²) in [6.45, 7) is 3.60. The Kier molecular flexibility index (Phi) is 5.08. The second-order valence-corrected chi connectivity index (χ2v) is 6.57. The molecule has 3 rings (SSSR count). The van der Waals surface area contributed by atoms with E-state index in [1.165, 1.54) is 6.07 Å². The Morgan fingerprint density at radius 1 is 1.14 bits per heavy atom. The maximum absolute atomic E-state index is 13.9. The van der Waals surface area contributed by atoms with Crippen molar-refractivity contribution in [2.75, 3.05) is 26.2 Å². The van der Waals surface area contributed by atoms with Crippen LogP contribution in [0.5, 0.6) is 0 Å². The van der Waals surface area contributed by atoms with E-state index < -0.39 is 0 Å². The van der Waals surface area contributed by atoms with Crippen LogP contribution in [0.2, 0.25) is 0 Å². The molecule has 2 aliphatic heterocycles. The van der Waals surface area contributed by atoms with Crippen LogP contribution in [0.1, 0.15) is 43.6 Å². The summed E-state index contributed by atoms with van der Waals surface area (Å²) in [5.74, 6) is 0.975. The van der Waals surface area contributed by atoms with Gasteiger partial charge in [-0.15, -0.1) is 0 Å². The van der Waals surface area contributed by atoms with Gasteiger partial charge in [0.1, 0.15) is 5.82 Å². The molecule has 0 aliphatic carbocycles. The zero-order valence-electron chi connectivity index (χ0n) is 13.1. The highest BCUT2D eigenvalue weighted by Gasteiger charge is 2.27. The lowest BCUT2D eigenvalue weighted by Crippen LogP contribution is -2.40. The largest absolute Gasteiger partial charge is 0.343 e. The number of nitrogens with one attached hydrogen (secondary N) is 1. The first kappa shape index (κ1) is 15.5. The second kappa shape index (κ2) is 7.23. The third-order valence-electron chi connectivity index (χ3n) is 5.11. The van der Waals surface area contributed by atoms with Crippen molar-refractivity contribution < 1.29 is 9.18 Å². The van der Waals surface area contributed by atoms with Crippen LogP contribution in [0, 0.1) is 11.7 Å². The lowest BCUT2D eigenvalue weighted by atomic mass is 9.88. The Morgan fingerprint density at radius 2 is 1.82 bits per heavy atom. The van der Waals surface area contributed by atoms with E-state index in [1.807, 2.05) is 17.0 Å². The number of hydrogen-bond donors (Lipinski definition) is 1. The fourth-order valence-corrected chi connectivity index (χ4v) is 3.71. The summed E-state index contributed by atoms with van der Waals surface area (Å²) < 4.78 is 13.9. The molecule has 1 amide bonds. The number of halogens is 1. The summed E-state index contributed by atoms with van der Waals surface area (Å²) in [6, 6.07) is 7.04. The Balaban J connectivity index is 1.51. The number of hydrogen-bond acceptors (Lipinski definition) is 2. The molecule has 22 heavy (non-hydrogen) atoms. The number of amides is 1. The van der Waals surface area contributed by atoms with E-state index in [0.29, 0.717) is 18.2 Å². The normalized spacial score (nSPS) is 21.0. The van der Waals surface area contributed by atoms with Crippen LogP contribution < -0.4 is 5.32 Å². The van der Waals surface area contributed by atoms with Crippen LogP contribution in [-0.2, 0) is 4.79 Å². The first-order valence-corrected chi connectivity index (χ1v) is 8.47. The molecule has 0 aromatic heterocycles. The average Bonchev–Trinajstić information content (AvgIpc) is 2.56. The summed E-state index contributed by atoms with van der Waals surface area (Å²) in [4.78, 5) is 14.4. The van der Waals surface area contributed by atoms with Crippen molar-refractivity contribution in [3.63, 3.8) is 0 Å². The van der Waals surface area contributed by atoms with Gasteiger partial charge in [-0.3, -0.25) is 4.79 Å². The summed E-state index contributed by atoms with van der Waals surface area (Å²) in [5, 5.41) is 3.34. The van der Waals surface area contributed by atoms with Crippen molar-refractivity contribution in [1.82, 2.24) is 10.2 Å². The van der Waals surface area contributed by atoms with Crippen LogP contribution in [0.15, 0.2) is 24.3 Å². The molecule has 0 spiro atoms. The maximum Gasteiger partial charge on any atom is 0.222 e. The van der Waals surface area contributed by atoms with Gasteiger partial charge in [0, 0.05) is 19.5 Å². The first-order valence-electron chi connectivity index (χ1n) is 8.47. The Morgan fingerprint density at radius 3 is 2.50 bits per heavy atom. The van der Waals surface area contributed by atoms with E-state index in [1.54, 1.807) is 6.07 Å². The van der Waals surface area contributed by atoms with E-state index in [9.17, 15) is 9.18 Å². The molecule has 0 bridgehead atoms. The second-order valence-electron chi connectivity index (χ2n) is 6.57. The van der Waals surface area contributed by atoms with E-state index in [0.717, 1.165) is 57.4 Å². The molecule has 2 aliphatic rings. The van der Waals surface area contributed by atoms with Crippen molar-refractivity contribution >= 4 is 5.91 Å². The quantitative estimate of drug-likeness (QED) is 0.931. The number of carbonyl (C=O) groups excluding carboxylic acids is 1. The Hall–Kier alpha value is -1.42. The molecule has 1 aromatic carbocycles. The topological polar surface area (TPSA) is 32.3 Å². The van der Waals surface area contributed by atoms with Gasteiger partial charge >= 0.3 is 0 Å². The zero-order chi connectivity index (χ0) is 15.4. The van der Waals surface area contributed by atoms with Gasteiger partial charge in [0.05, 0.1) is 0 Å².